The Morgan fingerprint density at radius 1 is 1.13 bits per heavy atom. The van der Waals surface area contributed by atoms with E-state index in [2.05, 4.69) is 39.4 Å². The van der Waals surface area contributed by atoms with Crippen molar-refractivity contribution in [2.24, 2.45) is 5.41 Å². The molecule has 3 heterocycles. The number of piperidine rings is 1. The minimum atomic E-state index is -0.952. The maximum atomic E-state index is 13.4. The molecule has 2 saturated heterocycles. The second kappa shape index (κ2) is 8.70. The van der Waals surface area contributed by atoms with Crippen LogP contribution in [0.5, 0.6) is 0 Å². The number of carbonyl (C=O) groups excluding carboxylic acids is 1. The number of β-amino-alcohol motifs (C(OH)–C–C–N with tert-alkyl or cyclic N) is 1. The lowest BCUT2D eigenvalue weighted by atomic mass is 9.73. The van der Waals surface area contributed by atoms with Gasteiger partial charge >= 0.3 is 0 Å². The molecule has 4 rings (SSSR count). The molecule has 2 fully saturated rings. The van der Waals surface area contributed by atoms with Crippen LogP contribution in [0.25, 0.3) is 0 Å². The number of hydrogen-bond acceptors (Lipinski definition) is 6. The Bertz CT molecular complexity index is 839. The summed E-state index contributed by atoms with van der Waals surface area (Å²) in [6.07, 6.45) is 7.98. The molecule has 2 aliphatic heterocycles. The van der Waals surface area contributed by atoms with Crippen LogP contribution in [0.15, 0.2) is 48.9 Å². The minimum absolute atomic E-state index is 0.0610. The molecule has 0 radical (unpaired) electrons. The molecule has 1 aromatic carbocycles. The first-order valence-corrected chi connectivity index (χ1v) is 10.7. The van der Waals surface area contributed by atoms with E-state index in [0.717, 1.165) is 38.2 Å². The second-order valence-electron chi connectivity index (χ2n) is 8.89. The Balaban J connectivity index is 1.41. The van der Waals surface area contributed by atoms with E-state index in [-0.39, 0.29) is 12.5 Å². The first kappa shape index (κ1) is 20.8. The number of anilines is 1. The van der Waals surface area contributed by atoms with E-state index in [1.165, 1.54) is 5.56 Å². The third-order valence-corrected chi connectivity index (χ3v) is 6.59. The van der Waals surface area contributed by atoms with E-state index in [4.69, 9.17) is 0 Å². The summed E-state index contributed by atoms with van der Waals surface area (Å²) >= 11 is 0. The Labute approximate surface area is 178 Å². The predicted octanol–water partition coefficient (Wildman–Crippen LogP) is 1.49. The fraction of sp³-hybridized carbons (Fsp3) is 0.522. The van der Waals surface area contributed by atoms with Gasteiger partial charge in [0, 0.05) is 32.0 Å². The minimum Gasteiger partial charge on any atom is -0.386 e. The molecule has 7 nitrogen and oxygen atoms in total. The third kappa shape index (κ3) is 4.63. The highest BCUT2D eigenvalue weighted by atomic mass is 16.3. The summed E-state index contributed by atoms with van der Waals surface area (Å²) in [5, 5.41) is 14.2. The van der Waals surface area contributed by atoms with Gasteiger partial charge in [0.15, 0.2) is 0 Å². The van der Waals surface area contributed by atoms with Crippen molar-refractivity contribution in [1.82, 2.24) is 20.2 Å². The molecule has 0 spiro atoms. The molecule has 30 heavy (non-hydrogen) atoms. The van der Waals surface area contributed by atoms with Gasteiger partial charge in [-0.3, -0.25) is 9.78 Å². The maximum Gasteiger partial charge on any atom is 0.226 e. The van der Waals surface area contributed by atoms with Gasteiger partial charge in [-0.1, -0.05) is 30.3 Å². The first-order chi connectivity index (χ1) is 14.5. The zero-order valence-corrected chi connectivity index (χ0v) is 17.6. The van der Waals surface area contributed by atoms with Crippen molar-refractivity contribution in [2.45, 2.75) is 31.3 Å². The summed E-state index contributed by atoms with van der Waals surface area (Å²) in [5.74, 6) is 0.821. The van der Waals surface area contributed by atoms with Crippen LogP contribution >= 0.6 is 0 Å². The molecule has 1 amide bonds. The van der Waals surface area contributed by atoms with E-state index in [9.17, 15) is 9.90 Å². The number of hydrogen-bond donors (Lipinski definition) is 2. The molecule has 1 atom stereocenters. The smallest absolute Gasteiger partial charge is 0.226 e. The molecule has 7 heteroatoms. The van der Waals surface area contributed by atoms with Crippen molar-refractivity contribution in [3.8, 4) is 0 Å². The van der Waals surface area contributed by atoms with Gasteiger partial charge in [0.25, 0.3) is 0 Å². The highest BCUT2D eigenvalue weighted by Gasteiger charge is 2.43. The Morgan fingerprint density at radius 3 is 2.60 bits per heavy atom. The number of amides is 1. The molecule has 2 aliphatic rings. The van der Waals surface area contributed by atoms with Crippen LogP contribution in [0.2, 0.25) is 0 Å². The van der Waals surface area contributed by atoms with Crippen molar-refractivity contribution < 1.29 is 9.90 Å². The molecule has 1 unspecified atom stereocenters. The van der Waals surface area contributed by atoms with Crippen molar-refractivity contribution >= 4 is 11.7 Å². The van der Waals surface area contributed by atoms with E-state index < -0.39 is 11.0 Å². The van der Waals surface area contributed by atoms with Crippen LogP contribution in [0, 0.1) is 5.41 Å². The van der Waals surface area contributed by atoms with Crippen molar-refractivity contribution in [3.05, 3.63) is 54.5 Å². The fourth-order valence-corrected chi connectivity index (χ4v) is 4.60. The standard InChI is InChI=1S/C23H31N5O2/c1-27-12-7-22(8-13-27,15-19-5-3-2-4-6-19)21(29)26-17-23(30)9-14-28(18-23)20-16-24-10-11-25-20/h2-6,10-11,16,30H,7-9,12-15,17-18H2,1H3,(H,26,29). The summed E-state index contributed by atoms with van der Waals surface area (Å²) in [7, 11) is 2.10. The van der Waals surface area contributed by atoms with Crippen molar-refractivity contribution in [3.63, 3.8) is 0 Å². The van der Waals surface area contributed by atoms with Gasteiger partial charge in [0.2, 0.25) is 5.91 Å². The maximum absolute atomic E-state index is 13.4. The molecular formula is C23H31N5O2. The third-order valence-electron chi connectivity index (χ3n) is 6.59. The summed E-state index contributed by atoms with van der Waals surface area (Å²) in [6, 6.07) is 10.2. The average molecular weight is 410 g/mol. The van der Waals surface area contributed by atoms with Crippen LogP contribution in [-0.2, 0) is 11.2 Å². The molecule has 2 aromatic rings. The number of aliphatic hydroxyl groups is 1. The van der Waals surface area contributed by atoms with Gasteiger partial charge in [-0.05, 0) is 51.4 Å². The van der Waals surface area contributed by atoms with E-state index >= 15 is 0 Å². The molecule has 160 valence electrons. The lowest BCUT2D eigenvalue weighted by molar-refractivity contribution is -0.134. The van der Waals surface area contributed by atoms with Crippen LogP contribution in [0.1, 0.15) is 24.8 Å². The molecule has 2 N–H and O–H groups in total. The highest BCUT2D eigenvalue weighted by molar-refractivity contribution is 5.83. The zero-order chi connectivity index (χ0) is 21.0. The summed E-state index contributed by atoms with van der Waals surface area (Å²) < 4.78 is 0. The average Bonchev–Trinajstić information content (AvgIpc) is 3.18. The normalized spacial score (nSPS) is 24.0. The topological polar surface area (TPSA) is 81.6 Å². The Hall–Kier alpha value is -2.51. The lowest BCUT2D eigenvalue weighted by Crippen LogP contribution is -2.53. The van der Waals surface area contributed by atoms with Crippen molar-refractivity contribution in [1.29, 1.82) is 0 Å². The van der Waals surface area contributed by atoms with E-state index in [1.807, 2.05) is 23.1 Å². The molecule has 0 bridgehead atoms. The monoisotopic (exact) mass is 409 g/mol. The number of rotatable bonds is 6. The number of nitrogens with one attached hydrogen (secondary N) is 1. The molecule has 0 aliphatic carbocycles. The largest absolute Gasteiger partial charge is 0.386 e. The van der Waals surface area contributed by atoms with E-state index in [1.54, 1.807) is 18.6 Å². The zero-order valence-electron chi connectivity index (χ0n) is 17.6. The van der Waals surface area contributed by atoms with Gasteiger partial charge in [0.1, 0.15) is 11.4 Å². The van der Waals surface area contributed by atoms with Crippen LogP contribution in [0.3, 0.4) is 0 Å². The summed E-state index contributed by atoms with van der Waals surface area (Å²) in [4.78, 5) is 26.1. The summed E-state index contributed by atoms with van der Waals surface area (Å²) in [6.45, 7) is 3.22. The van der Waals surface area contributed by atoms with Crippen LogP contribution in [0.4, 0.5) is 5.82 Å². The fourth-order valence-electron chi connectivity index (χ4n) is 4.60. The second-order valence-corrected chi connectivity index (χ2v) is 8.89. The van der Waals surface area contributed by atoms with Gasteiger partial charge in [0.05, 0.1) is 11.6 Å². The van der Waals surface area contributed by atoms with Gasteiger partial charge in [-0.15, -0.1) is 0 Å². The number of aromatic nitrogens is 2. The number of benzene rings is 1. The number of carbonyl (C=O) groups is 1. The predicted molar refractivity (Wildman–Crippen MR) is 116 cm³/mol. The van der Waals surface area contributed by atoms with Gasteiger partial charge in [-0.2, -0.15) is 0 Å². The van der Waals surface area contributed by atoms with Crippen molar-refractivity contribution in [2.75, 3.05) is 44.7 Å². The Morgan fingerprint density at radius 2 is 1.90 bits per heavy atom. The first-order valence-electron chi connectivity index (χ1n) is 10.7. The lowest BCUT2D eigenvalue weighted by Gasteiger charge is -2.40. The molecular weight excluding hydrogens is 378 g/mol. The highest BCUT2D eigenvalue weighted by Crippen LogP contribution is 2.35. The number of likely N-dealkylation sites (tertiary alicyclic amines) is 1. The van der Waals surface area contributed by atoms with Crippen LogP contribution < -0.4 is 10.2 Å². The number of nitrogens with zero attached hydrogens (tertiary/aromatic N) is 4. The van der Waals surface area contributed by atoms with E-state index in [0.29, 0.717) is 19.5 Å². The molecule has 0 saturated carbocycles. The molecule has 1 aromatic heterocycles. The quantitative estimate of drug-likeness (QED) is 0.752. The Kier molecular flexibility index (Phi) is 6.01. The van der Waals surface area contributed by atoms with Crippen LogP contribution in [-0.4, -0.2) is 71.3 Å². The summed E-state index contributed by atoms with van der Waals surface area (Å²) in [5.41, 5.74) is -0.189. The van der Waals surface area contributed by atoms with Gasteiger partial charge in [-0.25, -0.2) is 4.98 Å². The van der Waals surface area contributed by atoms with Gasteiger partial charge < -0.3 is 20.2 Å². The SMILES string of the molecule is CN1CCC(Cc2ccccc2)(C(=O)NCC2(O)CCN(c3cnccn3)C2)CC1.